The summed E-state index contributed by atoms with van der Waals surface area (Å²) >= 11 is 0. The van der Waals surface area contributed by atoms with E-state index in [0.717, 1.165) is 13.1 Å². The fraction of sp³-hybridized carbons (Fsp3) is 0.600. The van der Waals surface area contributed by atoms with Crippen molar-refractivity contribution in [3.05, 3.63) is 35.9 Å². The molecule has 17 heavy (non-hydrogen) atoms. The first-order valence-electron chi connectivity index (χ1n) is 6.59. The van der Waals surface area contributed by atoms with E-state index in [2.05, 4.69) is 56.0 Å². The molecule has 0 saturated carbocycles. The molecule has 1 aliphatic rings. The van der Waals surface area contributed by atoms with Crippen molar-refractivity contribution in [1.29, 1.82) is 0 Å². The van der Waals surface area contributed by atoms with Crippen molar-refractivity contribution in [3.63, 3.8) is 0 Å². The lowest BCUT2D eigenvalue weighted by Crippen LogP contribution is -2.45. The fourth-order valence-electron chi connectivity index (χ4n) is 3.18. The molecule has 2 rings (SSSR count). The van der Waals surface area contributed by atoms with Gasteiger partial charge in [-0.3, -0.25) is 4.90 Å². The lowest BCUT2D eigenvalue weighted by Gasteiger charge is -2.40. The molecule has 2 N–H and O–H groups in total. The molecule has 1 saturated heterocycles. The Morgan fingerprint density at radius 1 is 1.35 bits per heavy atom. The van der Waals surface area contributed by atoms with Crippen molar-refractivity contribution in [2.24, 2.45) is 11.7 Å². The van der Waals surface area contributed by atoms with Crippen LogP contribution in [0.4, 0.5) is 0 Å². The Balaban J connectivity index is 2.19. The van der Waals surface area contributed by atoms with Gasteiger partial charge < -0.3 is 5.73 Å². The molecule has 0 amide bonds. The highest BCUT2D eigenvalue weighted by molar-refractivity contribution is 5.19. The minimum atomic E-state index is 0.212. The van der Waals surface area contributed by atoms with E-state index < -0.39 is 0 Å². The number of nitrogens with two attached hydrogens (primary N) is 1. The van der Waals surface area contributed by atoms with Gasteiger partial charge in [0.1, 0.15) is 0 Å². The molecular formula is C15H24N2. The zero-order valence-corrected chi connectivity index (χ0v) is 11.2. The van der Waals surface area contributed by atoms with Crippen LogP contribution in [0.3, 0.4) is 0 Å². The third kappa shape index (κ3) is 2.24. The second-order valence-electron chi connectivity index (χ2n) is 5.66. The zero-order valence-electron chi connectivity index (χ0n) is 11.2. The Labute approximate surface area is 105 Å². The van der Waals surface area contributed by atoms with Gasteiger partial charge in [-0.1, -0.05) is 30.3 Å². The Morgan fingerprint density at radius 3 is 2.53 bits per heavy atom. The Kier molecular flexibility index (Phi) is 3.55. The van der Waals surface area contributed by atoms with Gasteiger partial charge in [-0.25, -0.2) is 0 Å². The van der Waals surface area contributed by atoms with E-state index in [1.807, 2.05) is 0 Å². The standard InChI is InChI=1S/C15H24N2/c1-12(13-7-5-4-6-8-13)17-10-9-14(11-16)15(17,2)3/h4-8,12,14H,9-11,16H2,1-3H3. The largest absolute Gasteiger partial charge is 0.330 e. The predicted octanol–water partition coefficient (Wildman–Crippen LogP) is 2.81. The minimum absolute atomic E-state index is 0.212. The monoisotopic (exact) mass is 232 g/mol. The molecule has 1 aromatic carbocycles. The van der Waals surface area contributed by atoms with Crippen LogP contribution in [-0.2, 0) is 0 Å². The molecule has 2 atom stereocenters. The van der Waals surface area contributed by atoms with E-state index >= 15 is 0 Å². The van der Waals surface area contributed by atoms with Crippen molar-refractivity contribution < 1.29 is 0 Å². The maximum atomic E-state index is 5.88. The molecule has 94 valence electrons. The highest BCUT2D eigenvalue weighted by Crippen LogP contribution is 2.39. The molecule has 2 nitrogen and oxygen atoms in total. The Morgan fingerprint density at radius 2 is 2.00 bits per heavy atom. The first kappa shape index (κ1) is 12.6. The summed E-state index contributed by atoms with van der Waals surface area (Å²) < 4.78 is 0. The van der Waals surface area contributed by atoms with Gasteiger partial charge in [0.15, 0.2) is 0 Å². The number of likely N-dealkylation sites (tertiary alicyclic amines) is 1. The van der Waals surface area contributed by atoms with Gasteiger partial charge >= 0.3 is 0 Å². The highest BCUT2D eigenvalue weighted by atomic mass is 15.2. The van der Waals surface area contributed by atoms with Crippen molar-refractivity contribution in [2.45, 2.75) is 38.8 Å². The fourth-order valence-corrected chi connectivity index (χ4v) is 3.18. The van der Waals surface area contributed by atoms with Crippen LogP contribution in [0.2, 0.25) is 0 Å². The Hall–Kier alpha value is -0.860. The summed E-state index contributed by atoms with van der Waals surface area (Å²) in [5.41, 5.74) is 7.50. The molecular weight excluding hydrogens is 208 g/mol. The number of rotatable bonds is 3. The van der Waals surface area contributed by atoms with E-state index in [-0.39, 0.29) is 5.54 Å². The smallest absolute Gasteiger partial charge is 0.0325 e. The molecule has 0 radical (unpaired) electrons. The van der Waals surface area contributed by atoms with Crippen LogP contribution in [0.1, 0.15) is 38.8 Å². The quantitative estimate of drug-likeness (QED) is 0.868. The van der Waals surface area contributed by atoms with E-state index in [9.17, 15) is 0 Å². The predicted molar refractivity (Wildman–Crippen MR) is 72.8 cm³/mol. The molecule has 0 aliphatic carbocycles. The normalized spacial score (nSPS) is 26.0. The summed E-state index contributed by atoms with van der Waals surface area (Å²) in [5.74, 6) is 0.619. The average Bonchev–Trinajstić information content (AvgIpc) is 2.64. The summed E-state index contributed by atoms with van der Waals surface area (Å²) in [6.07, 6.45) is 1.22. The molecule has 1 fully saturated rings. The van der Waals surface area contributed by atoms with Crippen molar-refractivity contribution >= 4 is 0 Å². The maximum Gasteiger partial charge on any atom is 0.0325 e. The summed E-state index contributed by atoms with van der Waals surface area (Å²) in [4.78, 5) is 2.60. The van der Waals surface area contributed by atoms with Crippen LogP contribution < -0.4 is 5.73 Å². The molecule has 0 aromatic heterocycles. The van der Waals surface area contributed by atoms with Gasteiger partial charge in [0.25, 0.3) is 0 Å². The van der Waals surface area contributed by atoms with E-state index in [4.69, 9.17) is 5.73 Å². The molecule has 2 heteroatoms. The third-order valence-corrected chi connectivity index (χ3v) is 4.49. The summed E-state index contributed by atoms with van der Waals surface area (Å²) in [5, 5.41) is 0. The third-order valence-electron chi connectivity index (χ3n) is 4.49. The number of hydrogen-bond acceptors (Lipinski definition) is 2. The van der Waals surface area contributed by atoms with Crippen LogP contribution in [0.25, 0.3) is 0 Å². The molecule has 0 bridgehead atoms. The molecule has 1 heterocycles. The van der Waals surface area contributed by atoms with Crippen LogP contribution in [0.5, 0.6) is 0 Å². The average molecular weight is 232 g/mol. The molecule has 1 aromatic rings. The van der Waals surface area contributed by atoms with E-state index in [0.29, 0.717) is 12.0 Å². The summed E-state index contributed by atoms with van der Waals surface area (Å²) in [7, 11) is 0. The lowest BCUT2D eigenvalue weighted by molar-refractivity contribution is 0.0984. The lowest BCUT2D eigenvalue weighted by atomic mass is 9.87. The molecule has 2 unspecified atom stereocenters. The SMILES string of the molecule is CC(c1ccccc1)N1CCC(CN)C1(C)C. The van der Waals surface area contributed by atoms with Gasteiger partial charge in [0.05, 0.1) is 0 Å². The van der Waals surface area contributed by atoms with E-state index in [1.54, 1.807) is 0 Å². The van der Waals surface area contributed by atoms with Crippen molar-refractivity contribution in [3.8, 4) is 0 Å². The first-order valence-corrected chi connectivity index (χ1v) is 6.59. The highest BCUT2D eigenvalue weighted by Gasteiger charge is 2.42. The molecule has 1 aliphatic heterocycles. The number of benzene rings is 1. The first-order chi connectivity index (χ1) is 8.07. The van der Waals surface area contributed by atoms with Gasteiger partial charge in [-0.05, 0) is 51.8 Å². The van der Waals surface area contributed by atoms with Gasteiger partial charge in [0, 0.05) is 11.6 Å². The second kappa shape index (κ2) is 4.79. The van der Waals surface area contributed by atoms with Crippen LogP contribution in [0, 0.1) is 5.92 Å². The second-order valence-corrected chi connectivity index (χ2v) is 5.66. The number of hydrogen-bond donors (Lipinski definition) is 1. The van der Waals surface area contributed by atoms with Crippen LogP contribution in [0.15, 0.2) is 30.3 Å². The molecule has 0 spiro atoms. The topological polar surface area (TPSA) is 29.3 Å². The van der Waals surface area contributed by atoms with Crippen LogP contribution >= 0.6 is 0 Å². The van der Waals surface area contributed by atoms with Crippen molar-refractivity contribution in [2.75, 3.05) is 13.1 Å². The minimum Gasteiger partial charge on any atom is -0.330 e. The van der Waals surface area contributed by atoms with Crippen LogP contribution in [-0.4, -0.2) is 23.5 Å². The summed E-state index contributed by atoms with van der Waals surface area (Å²) in [6.45, 7) is 8.92. The van der Waals surface area contributed by atoms with Gasteiger partial charge in [-0.2, -0.15) is 0 Å². The van der Waals surface area contributed by atoms with Gasteiger partial charge in [-0.15, -0.1) is 0 Å². The Bertz CT molecular complexity index is 358. The zero-order chi connectivity index (χ0) is 12.5. The van der Waals surface area contributed by atoms with Gasteiger partial charge in [0.2, 0.25) is 0 Å². The summed E-state index contributed by atoms with van der Waals surface area (Å²) in [6, 6.07) is 11.2. The maximum absolute atomic E-state index is 5.88. The van der Waals surface area contributed by atoms with E-state index in [1.165, 1.54) is 12.0 Å². The van der Waals surface area contributed by atoms with Crippen molar-refractivity contribution in [1.82, 2.24) is 4.90 Å². The number of nitrogens with zero attached hydrogens (tertiary/aromatic N) is 1.